The maximum Gasteiger partial charge on any atom is 0.191 e. The van der Waals surface area contributed by atoms with E-state index in [2.05, 4.69) is 74.8 Å². The van der Waals surface area contributed by atoms with Gasteiger partial charge < -0.3 is 20.7 Å². The lowest BCUT2D eigenvalue weighted by molar-refractivity contribution is 0.179. The van der Waals surface area contributed by atoms with E-state index in [4.69, 9.17) is 9.73 Å². The van der Waals surface area contributed by atoms with Gasteiger partial charge in [-0.15, -0.1) is 0 Å². The van der Waals surface area contributed by atoms with Gasteiger partial charge in [-0.25, -0.2) is 0 Å². The van der Waals surface area contributed by atoms with Crippen LogP contribution >= 0.6 is 0 Å². The molecule has 2 atom stereocenters. The Kier molecular flexibility index (Phi) is 8.79. The summed E-state index contributed by atoms with van der Waals surface area (Å²) in [6, 6.07) is 11.0. The molecule has 0 amide bonds. The number of nitrogens with one attached hydrogen (secondary N) is 3. The Morgan fingerprint density at radius 3 is 2.46 bits per heavy atom. The molecule has 0 aliphatic heterocycles. The lowest BCUT2D eigenvalue weighted by atomic mass is 10.0. The molecule has 1 aromatic rings. The first kappa shape index (κ1) is 20.5. The molecule has 0 bridgehead atoms. The van der Waals surface area contributed by atoms with Crippen molar-refractivity contribution in [3.05, 3.63) is 35.9 Å². The van der Waals surface area contributed by atoms with Crippen LogP contribution in [0.3, 0.4) is 0 Å². The van der Waals surface area contributed by atoms with Gasteiger partial charge in [-0.3, -0.25) is 4.99 Å². The number of rotatable bonds is 9. The molecule has 5 heteroatoms. The highest BCUT2D eigenvalue weighted by Crippen LogP contribution is 2.16. The summed E-state index contributed by atoms with van der Waals surface area (Å²) in [5.41, 5.74) is 1.18. The van der Waals surface area contributed by atoms with Crippen LogP contribution in [-0.4, -0.2) is 44.3 Å². The fourth-order valence-corrected chi connectivity index (χ4v) is 2.58. The van der Waals surface area contributed by atoms with Crippen LogP contribution in [0.1, 0.15) is 46.2 Å². The third-order valence-corrected chi connectivity index (χ3v) is 3.68. The molecule has 1 aromatic carbocycles. The molecule has 1 rings (SSSR count). The van der Waals surface area contributed by atoms with E-state index in [1.165, 1.54) is 5.56 Å². The van der Waals surface area contributed by atoms with E-state index in [9.17, 15) is 0 Å². The van der Waals surface area contributed by atoms with Gasteiger partial charge in [0.1, 0.15) is 0 Å². The number of ether oxygens (including phenoxy) is 1. The van der Waals surface area contributed by atoms with Gasteiger partial charge >= 0.3 is 0 Å². The molecule has 3 N–H and O–H groups in total. The van der Waals surface area contributed by atoms with Crippen LogP contribution in [0.2, 0.25) is 0 Å². The number of hydrogen-bond acceptors (Lipinski definition) is 3. The van der Waals surface area contributed by atoms with Crippen molar-refractivity contribution in [2.45, 2.75) is 52.2 Å². The van der Waals surface area contributed by atoms with E-state index < -0.39 is 0 Å². The zero-order chi connectivity index (χ0) is 18.0. The summed E-state index contributed by atoms with van der Waals surface area (Å²) in [4.78, 5) is 4.73. The van der Waals surface area contributed by atoms with E-state index in [0.29, 0.717) is 13.2 Å². The van der Waals surface area contributed by atoms with E-state index in [1.807, 2.05) is 6.07 Å². The lowest BCUT2D eigenvalue weighted by Crippen LogP contribution is -2.47. The highest BCUT2D eigenvalue weighted by atomic mass is 16.5. The van der Waals surface area contributed by atoms with Crippen LogP contribution in [0, 0.1) is 0 Å². The second-order valence-electron chi connectivity index (χ2n) is 6.86. The summed E-state index contributed by atoms with van der Waals surface area (Å²) >= 11 is 0. The third-order valence-electron chi connectivity index (χ3n) is 3.68. The van der Waals surface area contributed by atoms with Crippen molar-refractivity contribution < 1.29 is 4.74 Å². The molecule has 0 aliphatic rings. The zero-order valence-electron chi connectivity index (χ0n) is 16.0. The molecule has 0 spiro atoms. The highest BCUT2D eigenvalue weighted by Gasteiger charge is 2.20. The molecular weight excluding hydrogens is 300 g/mol. The van der Waals surface area contributed by atoms with Gasteiger partial charge in [0, 0.05) is 31.3 Å². The molecule has 0 heterocycles. The molecule has 0 saturated heterocycles. The monoisotopic (exact) mass is 334 g/mol. The SMILES string of the molecule is CCNC(=NCC(C)(C)NC(C)c1ccccc1)NC(C)COC. The number of hydrogen-bond donors (Lipinski definition) is 3. The van der Waals surface area contributed by atoms with Gasteiger partial charge in [0.15, 0.2) is 5.96 Å². The molecule has 24 heavy (non-hydrogen) atoms. The second-order valence-corrected chi connectivity index (χ2v) is 6.86. The quantitative estimate of drug-likeness (QED) is 0.480. The topological polar surface area (TPSA) is 57.7 Å². The van der Waals surface area contributed by atoms with Crippen molar-refractivity contribution >= 4 is 5.96 Å². The Balaban J connectivity index is 2.64. The van der Waals surface area contributed by atoms with Crippen molar-refractivity contribution in [1.29, 1.82) is 0 Å². The van der Waals surface area contributed by atoms with Crippen LogP contribution in [0.5, 0.6) is 0 Å². The Hall–Kier alpha value is -1.59. The Labute approximate surface area is 147 Å². The standard InChI is InChI=1S/C19H34N4O/c1-7-20-18(22-15(2)13-24-6)21-14-19(4,5)23-16(3)17-11-9-8-10-12-17/h8-12,15-16,23H,7,13-14H2,1-6H3,(H2,20,21,22). The first-order valence-corrected chi connectivity index (χ1v) is 8.74. The minimum Gasteiger partial charge on any atom is -0.383 e. The molecule has 0 saturated carbocycles. The summed E-state index contributed by atoms with van der Waals surface area (Å²) in [7, 11) is 1.71. The number of nitrogens with zero attached hydrogens (tertiary/aromatic N) is 1. The molecule has 5 nitrogen and oxygen atoms in total. The third kappa shape index (κ3) is 7.79. The average Bonchev–Trinajstić information content (AvgIpc) is 2.53. The van der Waals surface area contributed by atoms with E-state index in [0.717, 1.165) is 12.5 Å². The van der Waals surface area contributed by atoms with Crippen LogP contribution in [0.15, 0.2) is 35.3 Å². The Morgan fingerprint density at radius 2 is 1.88 bits per heavy atom. The van der Waals surface area contributed by atoms with E-state index in [-0.39, 0.29) is 17.6 Å². The maximum absolute atomic E-state index is 5.17. The fourth-order valence-electron chi connectivity index (χ4n) is 2.58. The van der Waals surface area contributed by atoms with Crippen molar-refractivity contribution in [3.63, 3.8) is 0 Å². The second kappa shape index (κ2) is 10.3. The Morgan fingerprint density at radius 1 is 1.21 bits per heavy atom. The Bertz CT molecular complexity index is 487. The van der Waals surface area contributed by atoms with Gasteiger partial charge in [-0.2, -0.15) is 0 Å². The van der Waals surface area contributed by atoms with Crippen molar-refractivity contribution in [3.8, 4) is 0 Å². The van der Waals surface area contributed by atoms with Crippen molar-refractivity contribution in [2.75, 3.05) is 26.8 Å². The zero-order valence-corrected chi connectivity index (χ0v) is 16.0. The van der Waals surface area contributed by atoms with Crippen LogP contribution in [0.25, 0.3) is 0 Å². The van der Waals surface area contributed by atoms with Gasteiger partial charge in [0.2, 0.25) is 0 Å². The van der Waals surface area contributed by atoms with Crippen LogP contribution in [-0.2, 0) is 4.74 Å². The minimum atomic E-state index is -0.109. The summed E-state index contributed by atoms with van der Waals surface area (Å²) < 4.78 is 5.17. The molecule has 2 unspecified atom stereocenters. The largest absolute Gasteiger partial charge is 0.383 e. The van der Waals surface area contributed by atoms with Crippen LogP contribution in [0.4, 0.5) is 0 Å². The van der Waals surface area contributed by atoms with E-state index >= 15 is 0 Å². The summed E-state index contributed by atoms with van der Waals surface area (Å²) in [5.74, 6) is 0.823. The molecule has 136 valence electrons. The number of methoxy groups -OCH3 is 1. The number of guanidine groups is 1. The van der Waals surface area contributed by atoms with Crippen LogP contribution < -0.4 is 16.0 Å². The number of benzene rings is 1. The molecule has 0 aromatic heterocycles. The highest BCUT2D eigenvalue weighted by molar-refractivity contribution is 5.80. The minimum absolute atomic E-state index is 0.109. The molecular formula is C19H34N4O. The predicted octanol–water partition coefficient (Wildman–Crippen LogP) is 2.71. The molecule has 0 aliphatic carbocycles. The maximum atomic E-state index is 5.17. The first-order chi connectivity index (χ1) is 11.4. The summed E-state index contributed by atoms with van der Waals surface area (Å²) in [5, 5.41) is 10.3. The summed E-state index contributed by atoms with van der Waals surface area (Å²) in [6.45, 7) is 12.9. The first-order valence-electron chi connectivity index (χ1n) is 8.74. The summed E-state index contributed by atoms with van der Waals surface area (Å²) in [6.07, 6.45) is 0. The van der Waals surface area contributed by atoms with E-state index in [1.54, 1.807) is 7.11 Å². The molecule has 0 radical (unpaired) electrons. The van der Waals surface area contributed by atoms with Gasteiger partial charge in [0.25, 0.3) is 0 Å². The van der Waals surface area contributed by atoms with Crippen molar-refractivity contribution in [2.24, 2.45) is 4.99 Å². The van der Waals surface area contributed by atoms with Crippen molar-refractivity contribution in [1.82, 2.24) is 16.0 Å². The lowest BCUT2D eigenvalue weighted by Gasteiger charge is -2.29. The normalized spacial score (nSPS) is 15.0. The predicted molar refractivity (Wildman–Crippen MR) is 103 cm³/mol. The fraction of sp³-hybridized carbons (Fsp3) is 0.632. The average molecular weight is 335 g/mol. The number of aliphatic imine (C=N–C) groups is 1. The van der Waals surface area contributed by atoms with Gasteiger partial charge in [-0.1, -0.05) is 30.3 Å². The van der Waals surface area contributed by atoms with Gasteiger partial charge in [0.05, 0.1) is 13.2 Å². The molecule has 0 fully saturated rings. The van der Waals surface area contributed by atoms with Gasteiger partial charge in [-0.05, 0) is 40.2 Å². The smallest absolute Gasteiger partial charge is 0.191 e.